The summed E-state index contributed by atoms with van der Waals surface area (Å²) in [6, 6.07) is 15.9. The van der Waals surface area contributed by atoms with Crippen molar-refractivity contribution >= 4 is 11.6 Å². The molecule has 164 valence electrons. The number of aliphatic hydroxyl groups is 1. The number of rotatable bonds is 9. The molecule has 2 rings (SSSR count). The molecule has 0 heterocycles. The number of carbonyl (C=O) groups is 2. The van der Waals surface area contributed by atoms with Crippen molar-refractivity contribution in [3.05, 3.63) is 65.7 Å². The summed E-state index contributed by atoms with van der Waals surface area (Å²) in [6.45, 7) is 7.46. The van der Waals surface area contributed by atoms with Crippen LogP contribution in [0, 0.1) is 0 Å². The van der Waals surface area contributed by atoms with Crippen LogP contribution in [0.3, 0.4) is 0 Å². The standard InChI is InChI=1S/C13H18O4.C11H14O2/c1-13(2,15)12(14)10-4-6-11(7-5-10)17-9-8-16-3;1-11(2,13-3)10(12)9-7-5-4-6-8-9/h4-7,15H,8-9H2,1-3H3;4-8H,1-3H3. The molecule has 0 amide bonds. The third-order valence-corrected chi connectivity index (χ3v) is 4.32. The molecule has 0 aromatic heterocycles. The molecule has 0 spiro atoms. The molecule has 6 nitrogen and oxygen atoms in total. The van der Waals surface area contributed by atoms with Gasteiger partial charge in [0.25, 0.3) is 0 Å². The molecule has 0 aliphatic carbocycles. The quantitative estimate of drug-likeness (QED) is 0.492. The molecule has 6 heteroatoms. The van der Waals surface area contributed by atoms with Crippen LogP contribution in [0.5, 0.6) is 5.75 Å². The number of methoxy groups -OCH3 is 2. The van der Waals surface area contributed by atoms with Crippen LogP contribution in [-0.2, 0) is 9.47 Å². The van der Waals surface area contributed by atoms with E-state index < -0.39 is 11.2 Å². The van der Waals surface area contributed by atoms with Crippen molar-refractivity contribution in [2.75, 3.05) is 27.4 Å². The van der Waals surface area contributed by atoms with Crippen LogP contribution in [0.15, 0.2) is 54.6 Å². The van der Waals surface area contributed by atoms with E-state index in [2.05, 4.69) is 0 Å². The lowest BCUT2D eigenvalue weighted by atomic mass is 9.97. The minimum absolute atomic E-state index is 0.00981. The Labute approximate surface area is 178 Å². The summed E-state index contributed by atoms with van der Waals surface area (Å²) in [7, 11) is 3.15. The number of benzene rings is 2. The Morgan fingerprint density at radius 3 is 1.80 bits per heavy atom. The van der Waals surface area contributed by atoms with Crippen molar-refractivity contribution in [2.24, 2.45) is 0 Å². The molecule has 0 radical (unpaired) electrons. The van der Waals surface area contributed by atoms with Gasteiger partial charge in [0.15, 0.2) is 11.6 Å². The first-order valence-electron chi connectivity index (χ1n) is 9.67. The molecule has 0 saturated heterocycles. The number of hydrogen-bond donors (Lipinski definition) is 1. The topological polar surface area (TPSA) is 82.1 Å². The fourth-order valence-corrected chi connectivity index (χ4v) is 2.33. The van der Waals surface area contributed by atoms with Gasteiger partial charge in [0, 0.05) is 25.3 Å². The van der Waals surface area contributed by atoms with Crippen molar-refractivity contribution in [3.63, 3.8) is 0 Å². The van der Waals surface area contributed by atoms with Crippen LogP contribution >= 0.6 is 0 Å². The maximum atomic E-state index is 11.8. The van der Waals surface area contributed by atoms with Gasteiger partial charge < -0.3 is 19.3 Å². The lowest BCUT2D eigenvalue weighted by molar-refractivity contribution is 0.0228. The van der Waals surface area contributed by atoms with Crippen molar-refractivity contribution in [3.8, 4) is 5.75 Å². The summed E-state index contributed by atoms with van der Waals surface area (Å²) in [6.07, 6.45) is 0. The second kappa shape index (κ2) is 11.6. The monoisotopic (exact) mass is 416 g/mol. The van der Waals surface area contributed by atoms with E-state index in [4.69, 9.17) is 14.2 Å². The summed E-state index contributed by atoms with van der Waals surface area (Å²) >= 11 is 0. The Kier molecular flexibility index (Phi) is 9.85. The van der Waals surface area contributed by atoms with Crippen molar-refractivity contribution in [2.45, 2.75) is 38.9 Å². The highest BCUT2D eigenvalue weighted by molar-refractivity contribution is 6.02. The first kappa shape index (κ1) is 25.5. The molecular weight excluding hydrogens is 384 g/mol. The van der Waals surface area contributed by atoms with Crippen LogP contribution in [0.25, 0.3) is 0 Å². The fraction of sp³-hybridized carbons (Fsp3) is 0.417. The van der Waals surface area contributed by atoms with E-state index in [1.54, 1.807) is 64.5 Å². The molecule has 0 atom stereocenters. The van der Waals surface area contributed by atoms with Gasteiger partial charge in [-0.25, -0.2) is 0 Å². The van der Waals surface area contributed by atoms with E-state index in [-0.39, 0.29) is 11.6 Å². The zero-order chi connectivity index (χ0) is 22.8. The third kappa shape index (κ3) is 8.06. The first-order chi connectivity index (χ1) is 14.0. The van der Waals surface area contributed by atoms with Crippen LogP contribution in [-0.4, -0.2) is 55.3 Å². The number of Topliss-reactive ketones (excluding diaryl/α,β-unsaturated/α-hetero) is 2. The Hall–Kier alpha value is -2.54. The van der Waals surface area contributed by atoms with Gasteiger partial charge in [-0.2, -0.15) is 0 Å². The van der Waals surface area contributed by atoms with Crippen LogP contribution in [0.2, 0.25) is 0 Å². The highest BCUT2D eigenvalue weighted by atomic mass is 16.5. The van der Waals surface area contributed by atoms with Crippen molar-refractivity contribution in [1.29, 1.82) is 0 Å². The molecule has 30 heavy (non-hydrogen) atoms. The normalized spacial score (nSPS) is 11.3. The third-order valence-electron chi connectivity index (χ3n) is 4.32. The maximum Gasteiger partial charge on any atom is 0.194 e. The van der Waals surface area contributed by atoms with Gasteiger partial charge in [-0.3, -0.25) is 9.59 Å². The van der Waals surface area contributed by atoms with Crippen molar-refractivity contribution in [1.82, 2.24) is 0 Å². The molecule has 0 unspecified atom stereocenters. The second-order valence-corrected chi connectivity index (χ2v) is 7.66. The zero-order valence-corrected chi connectivity index (χ0v) is 18.6. The van der Waals surface area contributed by atoms with E-state index in [1.807, 2.05) is 18.2 Å². The molecule has 0 aliphatic rings. The minimum atomic E-state index is -1.35. The second-order valence-electron chi connectivity index (χ2n) is 7.66. The number of ether oxygens (including phenoxy) is 3. The fourth-order valence-electron chi connectivity index (χ4n) is 2.33. The summed E-state index contributed by atoms with van der Waals surface area (Å²) in [5.41, 5.74) is -0.925. The molecule has 0 saturated carbocycles. The van der Waals surface area contributed by atoms with Gasteiger partial charge in [-0.15, -0.1) is 0 Å². The summed E-state index contributed by atoms with van der Waals surface area (Å²) < 4.78 is 15.3. The summed E-state index contributed by atoms with van der Waals surface area (Å²) in [5.74, 6) is 0.380. The maximum absolute atomic E-state index is 11.8. The molecule has 2 aromatic carbocycles. The van der Waals surface area contributed by atoms with E-state index in [0.717, 1.165) is 0 Å². The average molecular weight is 417 g/mol. The Morgan fingerprint density at radius 2 is 1.33 bits per heavy atom. The molecular formula is C24H32O6. The van der Waals surface area contributed by atoms with E-state index in [0.29, 0.717) is 30.1 Å². The summed E-state index contributed by atoms with van der Waals surface area (Å²) in [5, 5.41) is 9.58. The Balaban J connectivity index is 0.000000311. The van der Waals surface area contributed by atoms with Gasteiger partial charge in [-0.1, -0.05) is 30.3 Å². The minimum Gasteiger partial charge on any atom is -0.491 e. The molecule has 1 N–H and O–H groups in total. The summed E-state index contributed by atoms with van der Waals surface area (Å²) in [4.78, 5) is 23.5. The molecule has 0 aliphatic heterocycles. The SMILES string of the molecule is COC(C)(C)C(=O)c1ccccc1.COCCOc1ccc(C(=O)C(C)(C)O)cc1. The van der Waals surface area contributed by atoms with Crippen LogP contribution in [0.4, 0.5) is 0 Å². The molecule has 0 fully saturated rings. The van der Waals surface area contributed by atoms with E-state index in [1.165, 1.54) is 13.8 Å². The van der Waals surface area contributed by atoms with Crippen molar-refractivity contribution < 1.29 is 28.9 Å². The largest absolute Gasteiger partial charge is 0.491 e. The zero-order valence-electron chi connectivity index (χ0n) is 18.6. The van der Waals surface area contributed by atoms with Gasteiger partial charge in [0.1, 0.15) is 23.6 Å². The predicted molar refractivity (Wildman–Crippen MR) is 116 cm³/mol. The highest BCUT2D eigenvalue weighted by Gasteiger charge is 2.27. The van der Waals surface area contributed by atoms with E-state index in [9.17, 15) is 14.7 Å². The Morgan fingerprint density at radius 1 is 0.800 bits per heavy atom. The smallest absolute Gasteiger partial charge is 0.194 e. The first-order valence-corrected chi connectivity index (χ1v) is 9.67. The number of hydrogen-bond acceptors (Lipinski definition) is 6. The van der Waals surface area contributed by atoms with Gasteiger partial charge in [0.05, 0.1) is 6.61 Å². The number of ketones is 2. The number of carbonyl (C=O) groups excluding carboxylic acids is 2. The lowest BCUT2D eigenvalue weighted by Gasteiger charge is -2.20. The molecule has 2 aromatic rings. The van der Waals surface area contributed by atoms with Crippen LogP contribution < -0.4 is 4.74 Å². The van der Waals surface area contributed by atoms with Crippen LogP contribution in [0.1, 0.15) is 48.4 Å². The van der Waals surface area contributed by atoms with Gasteiger partial charge in [-0.05, 0) is 52.0 Å². The van der Waals surface area contributed by atoms with E-state index >= 15 is 0 Å². The lowest BCUT2D eigenvalue weighted by Crippen LogP contribution is -2.33. The Bertz CT molecular complexity index is 789. The van der Waals surface area contributed by atoms with Gasteiger partial charge >= 0.3 is 0 Å². The average Bonchev–Trinajstić information content (AvgIpc) is 2.74. The molecule has 0 bridgehead atoms. The predicted octanol–water partition coefficient (Wildman–Crippen LogP) is 3.96. The highest BCUT2D eigenvalue weighted by Crippen LogP contribution is 2.17. The van der Waals surface area contributed by atoms with Gasteiger partial charge in [0.2, 0.25) is 0 Å².